The molecule has 0 spiro atoms. The molecule has 188 valence electrons. The molecule has 0 saturated heterocycles. The van der Waals surface area contributed by atoms with Gasteiger partial charge in [0.1, 0.15) is 11.5 Å². The number of hydrazone groups is 1. The molecular weight excluding hydrogens is 485 g/mol. The first-order valence-electron chi connectivity index (χ1n) is 11.7. The Balaban J connectivity index is 1.36. The summed E-state index contributed by atoms with van der Waals surface area (Å²) in [5.41, 5.74) is 5.28. The molecular formula is C30H22FN3O4. The molecule has 0 atom stereocenters. The average Bonchev–Trinajstić information content (AvgIpc) is 3.36. The molecule has 0 aliphatic heterocycles. The van der Waals surface area contributed by atoms with Gasteiger partial charge >= 0.3 is 5.97 Å². The van der Waals surface area contributed by atoms with Crippen molar-refractivity contribution in [2.75, 3.05) is 7.11 Å². The van der Waals surface area contributed by atoms with Crippen molar-refractivity contribution in [3.63, 3.8) is 0 Å². The second-order valence-corrected chi connectivity index (χ2v) is 8.27. The molecule has 1 heterocycles. The van der Waals surface area contributed by atoms with Crippen LogP contribution >= 0.6 is 0 Å². The molecule has 0 aliphatic carbocycles. The SMILES string of the molecule is COc1cc(C=NNC(=O)c2[nH]c3c(F)cccc3c2-c2ccccc2)ccc1OC(=O)c1ccccc1. The van der Waals surface area contributed by atoms with E-state index in [0.29, 0.717) is 27.8 Å². The average molecular weight is 508 g/mol. The number of esters is 1. The minimum atomic E-state index is -0.531. The normalized spacial score (nSPS) is 11.0. The van der Waals surface area contributed by atoms with Crippen LogP contribution in [0.2, 0.25) is 0 Å². The van der Waals surface area contributed by atoms with Gasteiger partial charge in [-0.15, -0.1) is 0 Å². The van der Waals surface area contributed by atoms with Crippen LogP contribution in [0.3, 0.4) is 0 Å². The number of para-hydroxylation sites is 1. The second kappa shape index (κ2) is 10.8. The van der Waals surface area contributed by atoms with Gasteiger partial charge in [0.25, 0.3) is 5.91 Å². The number of fused-ring (bicyclic) bond motifs is 1. The first-order chi connectivity index (χ1) is 18.5. The highest BCUT2D eigenvalue weighted by Crippen LogP contribution is 2.33. The molecule has 0 radical (unpaired) electrons. The number of aromatic amines is 1. The van der Waals surface area contributed by atoms with E-state index < -0.39 is 17.7 Å². The van der Waals surface area contributed by atoms with Crippen molar-refractivity contribution in [1.82, 2.24) is 10.4 Å². The Labute approximate surface area is 217 Å². The van der Waals surface area contributed by atoms with Crippen molar-refractivity contribution in [2.45, 2.75) is 0 Å². The van der Waals surface area contributed by atoms with Crippen molar-refractivity contribution in [3.8, 4) is 22.6 Å². The lowest BCUT2D eigenvalue weighted by molar-refractivity contribution is 0.0729. The Kier molecular flexibility index (Phi) is 6.95. The summed E-state index contributed by atoms with van der Waals surface area (Å²) in [6.07, 6.45) is 1.43. The molecule has 1 amide bonds. The molecule has 38 heavy (non-hydrogen) atoms. The molecule has 0 unspecified atom stereocenters. The zero-order chi connectivity index (χ0) is 26.5. The van der Waals surface area contributed by atoms with E-state index in [1.165, 1.54) is 19.4 Å². The molecule has 4 aromatic carbocycles. The van der Waals surface area contributed by atoms with E-state index >= 15 is 0 Å². The predicted octanol–water partition coefficient (Wildman–Crippen LogP) is 5.97. The number of ether oxygens (including phenoxy) is 2. The summed E-state index contributed by atoms with van der Waals surface area (Å²) in [6.45, 7) is 0. The highest BCUT2D eigenvalue weighted by Gasteiger charge is 2.20. The number of rotatable bonds is 7. The molecule has 8 heteroatoms. The summed E-state index contributed by atoms with van der Waals surface area (Å²) in [7, 11) is 1.46. The van der Waals surface area contributed by atoms with Crippen molar-refractivity contribution in [2.24, 2.45) is 5.10 Å². The van der Waals surface area contributed by atoms with Gasteiger partial charge in [-0.2, -0.15) is 5.10 Å². The number of benzene rings is 4. The Hall–Kier alpha value is -5.24. The van der Waals surface area contributed by atoms with Crippen LogP contribution in [0, 0.1) is 5.82 Å². The highest BCUT2D eigenvalue weighted by molar-refractivity contribution is 6.10. The fraction of sp³-hybridized carbons (Fsp3) is 0.0333. The number of hydrogen-bond donors (Lipinski definition) is 2. The van der Waals surface area contributed by atoms with Crippen LogP contribution in [0.4, 0.5) is 4.39 Å². The van der Waals surface area contributed by atoms with Gasteiger partial charge in [-0.1, -0.05) is 60.7 Å². The van der Waals surface area contributed by atoms with Crippen LogP contribution in [-0.2, 0) is 0 Å². The van der Waals surface area contributed by atoms with Gasteiger partial charge < -0.3 is 14.5 Å². The Bertz CT molecular complexity index is 1650. The topological polar surface area (TPSA) is 92.8 Å². The zero-order valence-corrected chi connectivity index (χ0v) is 20.3. The molecule has 5 rings (SSSR count). The quantitative estimate of drug-likeness (QED) is 0.123. The number of carbonyl (C=O) groups is 2. The fourth-order valence-electron chi connectivity index (χ4n) is 4.06. The van der Waals surface area contributed by atoms with Gasteiger partial charge in [0.2, 0.25) is 0 Å². The van der Waals surface area contributed by atoms with E-state index in [0.717, 1.165) is 5.56 Å². The molecule has 2 N–H and O–H groups in total. The van der Waals surface area contributed by atoms with Gasteiger partial charge in [0, 0.05) is 10.9 Å². The molecule has 0 fully saturated rings. The lowest BCUT2D eigenvalue weighted by atomic mass is 10.0. The Morgan fingerprint density at radius 1 is 0.895 bits per heavy atom. The maximum Gasteiger partial charge on any atom is 0.343 e. The number of hydrogen-bond acceptors (Lipinski definition) is 5. The van der Waals surface area contributed by atoms with Crippen molar-refractivity contribution in [3.05, 3.63) is 120 Å². The molecule has 1 aromatic heterocycles. The fourth-order valence-corrected chi connectivity index (χ4v) is 4.06. The monoisotopic (exact) mass is 507 g/mol. The standard InChI is InChI=1S/C30H22FN3O4/c1-37-25-17-19(15-16-24(25)38-30(36)21-11-6-3-7-12-21)18-32-34-29(35)28-26(20-9-4-2-5-10-20)22-13-8-14-23(31)27(22)33-28/h2-18,33H,1H3,(H,34,35). The van der Waals surface area contributed by atoms with E-state index in [9.17, 15) is 14.0 Å². The maximum absolute atomic E-state index is 14.5. The number of nitrogens with zero attached hydrogens (tertiary/aromatic N) is 1. The Morgan fingerprint density at radius 3 is 2.37 bits per heavy atom. The van der Waals surface area contributed by atoms with Crippen LogP contribution in [0.15, 0.2) is 102 Å². The van der Waals surface area contributed by atoms with Crippen molar-refractivity contribution in [1.29, 1.82) is 0 Å². The number of carbonyl (C=O) groups excluding carboxylic acids is 2. The minimum absolute atomic E-state index is 0.189. The summed E-state index contributed by atoms with van der Waals surface area (Å²) in [5, 5.41) is 4.65. The Morgan fingerprint density at radius 2 is 1.63 bits per heavy atom. The number of nitrogens with one attached hydrogen (secondary N) is 2. The predicted molar refractivity (Wildman–Crippen MR) is 143 cm³/mol. The van der Waals surface area contributed by atoms with Crippen LogP contribution in [0.5, 0.6) is 11.5 Å². The summed E-state index contributed by atoms with van der Waals surface area (Å²) in [5.74, 6) is -0.933. The van der Waals surface area contributed by atoms with Crippen molar-refractivity contribution >= 4 is 29.0 Å². The second-order valence-electron chi connectivity index (χ2n) is 8.27. The molecule has 5 aromatic rings. The van der Waals surface area contributed by atoms with Crippen molar-refractivity contribution < 1.29 is 23.5 Å². The van der Waals surface area contributed by atoms with Gasteiger partial charge in [0.05, 0.1) is 24.4 Å². The largest absolute Gasteiger partial charge is 0.493 e. The lowest BCUT2D eigenvalue weighted by Crippen LogP contribution is -2.18. The lowest BCUT2D eigenvalue weighted by Gasteiger charge is -2.10. The van der Waals surface area contributed by atoms with E-state index in [1.807, 2.05) is 36.4 Å². The minimum Gasteiger partial charge on any atom is -0.493 e. The first kappa shape index (κ1) is 24.5. The van der Waals surface area contributed by atoms with Crippen LogP contribution in [0.1, 0.15) is 26.4 Å². The third-order valence-corrected chi connectivity index (χ3v) is 5.85. The summed E-state index contributed by atoms with van der Waals surface area (Å²) in [6, 6.07) is 27.5. The highest BCUT2D eigenvalue weighted by atomic mass is 19.1. The van der Waals surface area contributed by atoms with E-state index in [1.54, 1.807) is 54.6 Å². The summed E-state index contributed by atoms with van der Waals surface area (Å²) in [4.78, 5) is 28.4. The maximum atomic E-state index is 14.5. The number of aromatic nitrogens is 1. The van der Waals surface area contributed by atoms with Crippen LogP contribution in [-0.4, -0.2) is 30.2 Å². The number of amides is 1. The zero-order valence-electron chi connectivity index (χ0n) is 20.3. The summed E-state index contributed by atoms with van der Waals surface area (Å²) >= 11 is 0. The van der Waals surface area contributed by atoms with Gasteiger partial charge in [0.15, 0.2) is 11.5 Å². The molecule has 0 aliphatic rings. The molecule has 0 bridgehead atoms. The van der Waals surface area contributed by atoms with Crippen LogP contribution < -0.4 is 14.9 Å². The summed E-state index contributed by atoms with van der Waals surface area (Å²) < 4.78 is 25.3. The van der Waals surface area contributed by atoms with Gasteiger partial charge in [-0.05, 0) is 47.5 Å². The van der Waals surface area contributed by atoms with E-state index in [-0.39, 0.29) is 17.0 Å². The van der Waals surface area contributed by atoms with Gasteiger partial charge in [-0.3, -0.25) is 4.79 Å². The third kappa shape index (κ3) is 5.01. The molecule has 0 saturated carbocycles. The van der Waals surface area contributed by atoms with E-state index in [4.69, 9.17) is 9.47 Å². The number of methoxy groups -OCH3 is 1. The first-order valence-corrected chi connectivity index (χ1v) is 11.7. The number of H-pyrrole nitrogens is 1. The van der Waals surface area contributed by atoms with Crippen LogP contribution in [0.25, 0.3) is 22.0 Å². The smallest absolute Gasteiger partial charge is 0.343 e. The van der Waals surface area contributed by atoms with E-state index in [2.05, 4.69) is 15.5 Å². The molecule has 7 nitrogen and oxygen atoms in total. The van der Waals surface area contributed by atoms with Gasteiger partial charge in [-0.25, -0.2) is 14.6 Å². The third-order valence-electron chi connectivity index (χ3n) is 5.85. The number of halogens is 1.